The van der Waals surface area contributed by atoms with Gasteiger partial charge in [-0.2, -0.15) is 18.3 Å². The third-order valence-electron chi connectivity index (χ3n) is 7.33. The molecule has 0 radical (unpaired) electrons. The zero-order valence-corrected chi connectivity index (χ0v) is 23.0. The van der Waals surface area contributed by atoms with Crippen LogP contribution >= 0.6 is 0 Å². The average molecular weight is 612 g/mol. The van der Waals surface area contributed by atoms with Crippen LogP contribution in [0.3, 0.4) is 0 Å². The van der Waals surface area contributed by atoms with E-state index in [4.69, 9.17) is 4.74 Å². The van der Waals surface area contributed by atoms with Gasteiger partial charge in [-0.1, -0.05) is 6.07 Å². The molecule has 1 unspecified atom stereocenters. The fourth-order valence-corrected chi connectivity index (χ4v) is 5.39. The molecular formula is C29H30F5N3O6. The number of benzene rings is 2. The van der Waals surface area contributed by atoms with Gasteiger partial charge in [-0.15, -0.1) is 0 Å². The van der Waals surface area contributed by atoms with Crippen LogP contribution in [0.2, 0.25) is 0 Å². The Kier molecular flexibility index (Phi) is 9.58. The SMILES string of the molecule is CCOC(=O)[C@H]1CC[C@H](n2ncc(C(=O)N(Cc3cc(F)cc(F)c3)CC(O)c3c(O)cccc3O)c2C(F)(F)F)CC1. The Morgan fingerprint density at radius 3 is 2.23 bits per heavy atom. The average Bonchev–Trinajstić information content (AvgIpc) is 3.38. The number of carbonyl (C=O) groups excluding carboxylic acids is 2. The Balaban J connectivity index is 1.69. The molecule has 43 heavy (non-hydrogen) atoms. The van der Waals surface area contributed by atoms with Crippen LogP contribution in [0.5, 0.6) is 11.5 Å². The predicted molar refractivity (Wildman–Crippen MR) is 141 cm³/mol. The molecule has 1 heterocycles. The molecule has 9 nitrogen and oxygen atoms in total. The first-order chi connectivity index (χ1) is 20.3. The van der Waals surface area contributed by atoms with Crippen molar-refractivity contribution in [3.8, 4) is 11.5 Å². The number of hydrogen-bond acceptors (Lipinski definition) is 7. The lowest BCUT2D eigenvalue weighted by molar-refractivity contribution is -0.151. The second-order valence-electron chi connectivity index (χ2n) is 10.3. The minimum atomic E-state index is -5.05. The van der Waals surface area contributed by atoms with Gasteiger partial charge in [-0.05, 0) is 62.4 Å². The molecule has 1 saturated carbocycles. The second kappa shape index (κ2) is 13.0. The molecule has 4 rings (SSSR count). The minimum Gasteiger partial charge on any atom is -0.507 e. The largest absolute Gasteiger partial charge is 0.507 e. The molecule has 1 amide bonds. The number of esters is 1. The molecule has 3 aromatic rings. The number of amides is 1. The van der Waals surface area contributed by atoms with Crippen molar-refractivity contribution in [3.05, 3.63) is 76.6 Å². The second-order valence-corrected chi connectivity index (χ2v) is 10.3. The Bertz CT molecular complexity index is 1430. The van der Waals surface area contributed by atoms with Crippen molar-refractivity contribution in [3.63, 3.8) is 0 Å². The van der Waals surface area contributed by atoms with E-state index in [-0.39, 0.29) is 37.9 Å². The maximum absolute atomic E-state index is 14.5. The topological polar surface area (TPSA) is 125 Å². The van der Waals surface area contributed by atoms with E-state index in [0.29, 0.717) is 10.7 Å². The van der Waals surface area contributed by atoms with Crippen LogP contribution in [0.25, 0.3) is 0 Å². The number of rotatable bonds is 9. The maximum Gasteiger partial charge on any atom is 0.433 e. The lowest BCUT2D eigenvalue weighted by Gasteiger charge is -2.29. The molecule has 14 heteroatoms. The summed E-state index contributed by atoms with van der Waals surface area (Å²) in [5.41, 5.74) is -2.74. The van der Waals surface area contributed by atoms with E-state index in [0.717, 1.165) is 35.4 Å². The number of alkyl halides is 3. The van der Waals surface area contributed by atoms with Crippen molar-refractivity contribution in [1.82, 2.24) is 14.7 Å². The van der Waals surface area contributed by atoms with Gasteiger partial charge in [-0.3, -0.25) is 14.3 Å². The van der Waals surface area contributed by atoms with Crippen LogP contribution in [-0.4, -0.2) is 55.0 Å². The van der Waals surface area contributed by atoms with Gasteiger partial charge in [0.25, 0.3) is 5.91 Å². The highest BCUT2D eigenvalue weighted by Crippen LogP contribution is 2.40. The monoisotopic (exact) mass is 611 g/mol. The molecule has 1 atom stereocenters. The van der Waals surface area contributed by atoms with Gasteiger partial charge < -0.3 is 25.0 Å². The van der Waals surface area contributed by atoms with Gasteiger partial charge in [-0.25, -0.2) is 8.78 Å². The van der Waals surface area contributed by atoms with Crippen molar-refractivity contribution in [2.45, 2.75) is 57.5 Å². The Morgan fingerprint density at radius 1 is 1.07 bits per heavy atom. The van der Waals surface area contributed by atoms with Gasteiger partial charge in [0.2, 0.25) is 0 Å². The molecule has 1 fully saturated rings. The summed E-state index contributed by atoms with van der Waals surface area (Å²) in [7, 11) is 0. The van der Waals surface area contributed by atoms with Gasteiger partial charge in [0, 0.05) is 12.6 Å². The van der Waals surface area contributed by atoms with Crippen LogP contribution in [-0.2, 0) is 22.3 Å². The molecule has 1 aliphatic rings. The van der Waals surface area contributed by atoms with Crippen LogP contribution in [0.15, 0.2) is 42.6 Å². The summed E-state index contributed by atoms with van der Waals surface area (Å²) >= 11 is 0. The van der Waals surface area contributed by atoms with E-state index < -0.39 is 89.2 Å². The van der Waals surface area contributed by atoms with E-state index in [9.17, 15) is 46.9 Å². The molecule has 0 spiro atoms. The van der Waals surface area contributed by atoms with Crippen LogP contribution in [0.1, 0.15) is 71.9 Å². The van der Waals surface area contributed by atoms with Gasteiger partial charge in [0.05, 0.1) is 42.4 Å². The molecule has 3 N–H and O–H groups in total. The molecule has 2 aromatic carbocycles. The van der Waals surface area contributed by atoms with Gasteiger partial charge in [0.1, 0.15) is 29.2 Å². The Labute approximate surface area is 243 Å². The van der Waals surface area contributed by atoms with Gasteiger partial charge in [0.15, 0.2) is 5.69 Å². The smallest absolute Gasteiger partial charge is 0.433 e. The van der Waals surface area contributed by atoms with E-state index in [1.807, 2.05) is 0 Å². The third kappa shape index (κ3) is 7.24. The third-order valence-corrected chi connectivity index (χ3v) is 7.33. The summed E-state index contributed by atoms with van der Waals surface area (Å²) in [5.74, 6) is -5.23. The Hall–Kier alpha value is -4.20. The fourth-order valence-electron chi connectivity index (χ4n) is 5.39. The summed E-state index contributed by atoms with van der Waals surface area (Å²) in [4.78, 5) is 26.5. The van der Waals surface area contributed by atoms with E-state index >= 15 is 0 Å². The standard InChI is InChI=1S/C29H30F5N3O6/c1-2-43-28(42)17-6-8-20(9-7-17)37-26(29(32,33)34)21(13-35-37)27(41)36(14-16-10-18(30)12-19(31)11-16)15-24(40)25-22(38)4-3-5-23(25)39/h3-5,10-13,17,20,24,38-40H,2,6-9,14-15H2,1H3/t17-,20-,24?. The van der Waals surface area contributed by atoms with E-state index in [1.54, 1.807) is 6.92 Å². The molecule has 0 aliphatic heterocycles. The molecular weight excluding hydrogens is 581 g/mol. The summed E-state index contributed by atoms with van der Waals surface area (Å²) < 4.78 is 77.0. The zero-order valence-electron chi connectivity index (χ0n) is 23.0. The summed E-state index contributed by atoms with van der Waals surface area (Å²) in [6.45, 7) is 0.430. The maximum atomic E-state index is 14.5. The van der Waals surface area contributed by atoms with Crippen molar-refractivity contribution >= 4 is 11.9 Å². The highest BCUT2D eigenvalue weighted by atomic mass is 19.4. The minimum absolute atomic E-state index is 0.127. The molecule has 0 saturated heterocycles. The zero-order chi connectivity index (χ0) is 31.5. The normalized spacial score (nSPS) is 17.8. The number of aliphatic hydroxyl groups excluding tert-OH is 1. The first-order valence-electron chi connectivity index (χ1n) is 13.5. The van der Waals surface area contributed by atoms with Crippen LogP contribution in [0.4, 0.5) is 22.0 Å². The van der Waals surface area contributed by atoms with Crippen LogP contribution in [0, 0.1) is 17.6 Å². The van der Waals surface area contributed by atoms with Crippen molar-refractivity contribution in [2.75, 3.05) is 13.2 Å². The number of nitrogens with zero attached hydrogens (tertiary/aromatic N) is 3. The van der Waals surface area contributed by atoms with Gasteiger partial charge >= 0.3 is 12.1 Å². The molecule has 1 aromatic heterocycles. The number of phenols is 2. The number of aromatic nitrogens is 2. The molecule has 0 bridgehead atoms. The summed E-state index contributed by atoms with van der Waals surface area (Å²) in [6, 6.07) is 5.13. The number of ether oxygens (including phenoxy) is 1. The predicted octanol–water partition coefficient (Wildman–Crippen LogP) is 5.26. The highest BCUT2D eigenvalue weighted by molar-refractivity contribution is 5.95. The van der Waals surface area contributed by atoms with E-state index in [2.05, 4.69) is 5.10 Å². The molecule has 232 valence electrons. The number of halogens is 5. The van der Waals surface area contributed by atoms with Crippen LogP contribution < -0.4 is 0 Å². The number of aromatic hydroxyl groups is 2. The lowest BCUT2D eigenvalue weighted by Crippen LogP contribution is -2.36. The van der Waals surface area contributed by atoms with E-state index in [1.165, 1.54) is 6.07 Å². The first-order valence-corrected chi connectivity index (χ1v) is 13.5. The van der Waals surface area contributed by atoms with Crippen molar-refractivity contribution in [2.24, 2.45) is 5.92 Å². The number of hydrogen-bond donors (Lipinski definition) is 3. The fraction of sp³-hybridized carbons (Fsp3) is 0.414. The lowest BCUT2D eigenvalue weighted by atomic mass is 9.86. The number of aliphatic hydroxyl groups is 1. The Morgan fingerprint density at radius 2 is 1.67 bits per heavy atom. The van der Waals surface area contributed by atoms with Crippen molar-refractivity contribution in [1.29, 1.82) is 0 Å². The number of carbonyl (C=O) groups is 2. The molecule has 1 aliphatic carbocycles. The quantitative estimate of drug-likeness (QED) is 0.223. The summed E-state index contributed by atoms with van der Waals surface area (Å²) in [5, 5.41) is 35.0. The number of phenolic OH excluding ortho intramolecular Hbond substituents is 2. The van der Waals surface area contributed by atoms with Crippen molar-refractivity contribution < 1.29 is 51.6 Å². The highest BCUT2D eigenvalue weighted by Gasteiger charge is 2.43. The first kappa shape index (κ1) is 31.7. The summed E-state index contributed by atoms with van der Waals surface area (Å²) in [6.07, 6.45) is -5.25.